The number of carbonyl (C=O) groups excluding carboxylic acids is 1. The largest absolute Gasteiger partial charge is 0.424 e. The van der Waals surface area contributed by atoms with Gasteiger partial charge in [0.1, 0.15) is 5.76 Å². The van der Waals surface area contributed by atoms with E-state index in [9.17, 15) is 4.79 Å². The van der Waals surface area contributed by atoms with Crippen molar-refractivity contribution < 1.29 is 9.53 Å². The highest BCUT2D eigenvalue weighted by Crippen LogP contribution is 2.44. The van der Waals surface area contributed by atoms with E-state index in [1.165, 1.54) is 0 Å². The summed E-state index contributed by atoms with van der Waals surface area (Å²) in [6.45, 7) is 18.3. The summed E-state index contributed by atoms with van der Waals surface area (Å²) < 4.78 is 5.55. The summed E-state index contributed by atoms with van der Waals surface area (Å²) >= 11 is 0. The molecule has 21 heavy (non-hydrogen) atoms. The van der Waals surface area contributed by atoms with Crippen LogP contribution in [0.15, 0.2) is 23.1 Å². The van der Waals surface area contributed by atoms with Crippen molar-refractivity contribution in [2.75, 3.05) is 0 Å². The molecule has 0 saturated heterocycles. The molecule has 0 radical (unpaired) electrons. The molecule has 2 nitrogen and oxygen atoms in total. The van der Waals surface area contributed by atoms with Gasteiger partial charge in [-0.25, -0.2) is 4.79 Å². The van der Waals surface area contributed by atoms with Gasteiger partial charge in [0, 0.05) is 11.6 Å². The van der Waals surface area contributed by atoms with Crippen molar-refractivity contribution in [2.45, 2.75) is 78.4 Å². The molecule has 3 heteroatoms. The van der Waals surface area contributed by atoms with Crippen LogP contribution in [0, 0.1) is 5.92 Å². The van der Waals surface area contributed by atoms with Crippen molar-refractivity contribution in [3.63, 3.8) is 0 Å². The Kier molecular flexibility index (Phi) is 6.03. The maximum atomic E-state index is 11.7. The zero-order valence-electron chi connectivity index (χ0n) is 15.0. The molecular formula is C18H32O2Si. The summed E-state index contributed by atoms with van der Waals surface area (Å²) in [5.74, 6) is 1.19. The topological polar surface area (TPSA) is 26.3 Å². The van der Waals surface area contributed by atoms with Crippen LogP contribution in [0.1, 0.15) is 61.8 Å². The van der Waals surface area contributed by atoms with Gasteiger partial charge in [-0.2, -0.15) is 0 Å². The number of hydrogen-bond acceptors (Lipinski definition) is 2. The Labute approximate surface area is 131 Å². The van der Waals surface area contributed by atoms with Crippen molar-refractivity contribution in [2.24, 2.45) is 5.92 Å². The number of rotatable bonds is 6. The van der Waals surface area contributed by atoms with E-state index in [0.717, 1.165) is 17.8 Å². The Morgan fingerprint density at radius 3 is 1.86 bits per heavy atom. The van der Waals surface area contributed by atoms with E-state index in [1.807, 2.05) is 0 Å². The predicted molar refractivity (Wildman–Crippen MR) is 92.8 cm³/mol. The van der Waals surface area contributed by atoms with Crippen LogP contribution in [-0.2, 0) is 9.53 Å². The maximum Gasteiger partial charge on any atom is 0.336 e. The first-order valence-electron chi connectivity index (χ1n) is 8.26. The second-order valence-electron chi connectivity index (χ2n) is 7.66. The lowest BCUT2D eigenvalue weighted by atomic mass is 10.0. The van der Waals surface area contributed by atoms with E-state index in [4.69, 9.17) is 4.74 Å². The summed E-state index contributed by atoms with van der Waals surface area (Å²) in [4.78, 5) is 11.7. The van der Waals surface area contributed by atoms with E-state index >= 15 is 0 Å². The van der Waals surface area contributed by atoms with Crippen LogP contribution in [-0.4, -0.2) is 14.0 Å². The number of esters is 1. The summed E-state index contributed by atoms with van der Waals surface area (Å²) in [7, 11) is -1.70. The first-order valence-corrected chi connectivity index (χ1v) is 10.6. The standard InChI is InChI=1S/C18H32O2Si/c1-12(2)9-16-10-18(19)20-17(16)11-21(13(3)4,14(5)6)15(7)8/h10-15H,9H2,1-8H3/b17-11-. The molecule has 120 valence electrons. The molecule has 0 fully saturated rings. The van der Waals surface area contributed by atoms with Crippen LogP contribution in [0.25, 0.3) is 0 Å². The van der Waals surface area contributed by atoms with Crippen LogP contribution in [0.5, 0.6) is 0 Å². The van der Waals surface area contributed by atoms with Crippen LogP contribution in [0.3, 0.4) is 0 Å². The lowest BCUT2D eigenvalue weighted by Crippen LogP contribution is -2.43. The van der Waals surface area contributed by atoms with Gasteiger partial charge in [0.15, 0.2) is 0 Å². The van der Waals surface area contributed by atoms with Gasteiger partial charge in [-0.15, -0.1) is 0 Å². The van der Waals surface area contributed by atoms with Crippen LogP contribution >= 0.6 is 0 Å². The minimum atomic E-state index is -1.70. The van der Waals surface area contributed by atoms with Crippen LogP contribution in [0.4, 0.5) is 0 Å². The minimum absolute atomic E-state index is 0.198. The van der Waals surface area contributed by atoms with Gasteiger partial charge in [-0.1, -0.05) is 61.1 Å². The van der Waals surface area contributed by atoms with Gasteiger partial charge in [0.25, 0.3) is 0 Å². The molecule has 0 amide bonds. The molecule has 0 N–H and O–H groups in total. The SMILES string of the molecule is CC(C)CC1=CC(=O)O/C1=C\[Si](C(C)C)(C(C)C)C(C)C. The molecule has 0 aliphatic carbocycles. The molecular weight excluding hydrogens is 276 g/mol. The number of ether oxygens (including phenoxy) is 1. The molecule has 1 aliphatic rings. The summed E-state index contributed by atoms with van der Waals surface area (Å²) in [5, 5.41) is 0. The lowest BCUT2D eigenvalue weighted by Gasteiger charge is -2.41. The maximum absolute atomic E-state index is 11.7. The quantitative estimate of drug-likeness (QED) is 0.470. The zero-order chi connectivity index (χ0) is 16.4. The Morgan fingerprint density at radius 2 is 1.48 bits per heavy atom. The third-order valence-corrected chi connectivity index (χ3v) is 11.6. The number of hydrogen-bond donors (Lipinski definition) is 0. The average molecular weight is 309 g/mol. The Balaban J connectivity index is 3.28. The normalized spacial score (nSPS) is 18.4. The van der Waals surface area contributed by atoms with Crippen molar-refractivity contribution in [1.29, 1.82) is 0 Å². The molecule has 0 spiro atoms. The fourth-order valence-corrected chi connectivity index (χ4v) is 9.56. The smallest absolute Gasteiger partial charge is 0.336 e. The van der Waals surface area contributed by atoms with E-state index in [1.54, 1.807) is 6.08 Å². The zero-order valence-corrected chi connectivity index (χ0v) is 16.0. The van der Waals surface area contributed by atoms with E-state index in [2.05, 4.69) is 61.1 Å². The molecule has 0 aromatic carbocycles. The monoisotopic (exact) mass is 308 g/mol. The molecule has 0 aromatic rings. The van der Waals surface area contributed by atoms with Crippen molar-refractivity contribution in [3.05, 3.63) is 23.1 Å². The molecule has 0 saturated carbocycles. The Morgan fingerprint density at radius 1 is 1.00 bits per heavy atom. The summed E-state index contributed by atoms with van der Waals surface area (Å²) in [5.41, 5.74) is 5.36. The second-order valence-corrected chi connectivity index (χ2v) is 13.4. The number of allylic oxidation sites excluding steroid dienone is 1. The Hall–Kier alpha value is -0.833. The predicted octanol–water partition coefficient (Wildman–Crippen LogP) is 5.62. The van der Waals surface area contributed by atoms with Crippen molar-refractivity contribution in [3.8, 4) is 0 Å². The van der Waals surface area contributed by atoms with Gasteiger partial charge in [0.05, 0.1) is 8.07 Å². The Bertz CT molecular complexity index is 420. The highest BCUT2D eigenvalue weighted by atomic mass is 28.3. The molecule has 0 atom stereocenters. The highest BCUT2D eigenvalue weighted by molar-refractivity contribution is 6.88. The highest BCUT2D eigenvalue weighted by Gasteiger charge is 2.42. The third-order valence-electron chi connectivity index (χ3n) is 4.83. The average Bonchev–Trinajstić information content (AvgIpc) is 2.63. The van der Waals surface area contributed by atoms with Crippen molar-refractivity contribution in [1.82, 2.24) is 0 Å². The summed E-state index contributed by atoms with van der Waals surface area (Å²) in [6, 6.07) is 0. The third kappa shape index (κ3) is 3.88. The van der Waals surface area contributed by atoms with Gasteiger partial charge in [-0.05, 0) is 29.0 Å². The van der Waals surface area contributed by atoms with Crippen LogP contribution < -0.4 is 0 Å². The number of cyclic esters (lactones) is 1. The summed E-state index contributed by atoms with van der Waals surface area (Å²) in [6.07, 6.45) is 2.60. The van der Waals surface area contributed by atoms with Gasteiger partial charge in [-0.3, -0.25) is 0 Å². The fraction of sp³-hybridized carbons (Fsp3) is 0.722. The molecule has 1 aliphatic heterocycles. The minimum Gasteiger partial charge on any atom is -0.424 e. The van der Waals surface area contributed by atoms with E-state index in [-0.39, 0.29) is 5.97 Å². The van der Waals surface area contributed by atoms with E-state index in [0.29, 0.717) is 22.5 Å². The van der Waals surface area contributed by atoms with E-state index < -0.39 is 8.07 Å². The number of carbonyl (C=O) groups is 1. The first kappa shape index (κ1) is 18.2. The molecule has 0 bridgehead atoms. The first-order chi connectivity index (χ1) is 9.61. The molecule has 0 unspecified atom stereocenters. The van der Waals surface area contributed by atoms with Gasteiger partial charge in [0.2, 0.25) is 0 Å². The van der Waals surface area contributed by atoms with Gasteiger partial charge < -0.3 is 4.74 Å². The lowest BCUT2D eigenvalue weighted by molar-refractivity contribution is -0.132. The molecule has 0 aromatic heterocycles. The van der Waals surface area contributed by atoms with Gasteiger partial charge >= 0.3 is 5.97 Å². The second kappa shape index (κ2) is 6.95. The van der Waals surface area contributed by atoms with Crippen LogP contribution in [0.2, 0.25) is 16.6 Å². The van der Waals surface area contributed by atoms with Crippen molar-refractivity contribution >= 4 is 14.0 Å². The molecule has 1 rings (SSSR count). The molecule has 1 heterocycles. The fourth-order valence-electron chi connectivity index (χ4n) is 3.87.